The van der Waals surface area contributed by atoms with E-state index in [1.807, 2.05) is 18.2 Å². The summed E-state index contributed by atoms with van der Waals surface area (Å²) in [6.45, 7) is 2.19. The molecule has 1 fully saturated rings. The van der Waals surface area contributed by atoms with Crippen LogP contribution >= 0.6 is 0 Å². The molecular weight excluding hydrogens is 358 g/mol. The summed E-state index contributed by atoms with van der Waals surface area (Å²) in [5.74, 6) is -0.172. The van der Waals surface area contributed by atoms with Crippen LogP contribution in [0.3, 0.4) is 0 Å². The minimum absolute atomic E-state index is 0.103. The summed E-state index contributed by atoms with van der Waals surface area (Å²) in [6, 6.07) is 16.7. The van der Waals surface area contributed by atoms with Crippen molar-refractivity contribution in [1.82, 2.24) is 10.2 Å². The summed E-state index contributed by atoms with van der Waals surface area (Å²) in [4.78, 5) is 25.1. The fourth-order valence-electron chi connectivity index (χ4n) is 3.47. The van der Waals surface area contributed by atoms with Gasteiger partial charge in [0.1, 0.15) is 0 Å². The van der Waals surface area contributed by atoms with Crippen molar-refractivity contribution < 1.29 is 14.5 Å². The molecule has 1 unspecified atom stereocenters. The number of nitro groups is 1. The van der Waals surface area contributed by atoms with E-state index >= 15 is 0 Å². The maximum atomic E-state index is 12.2. The second kappa shape index (κ2) is 9.85. The van der Waals surface area contributed by atoms with Crippen LogP contribution in [0.15, 0.2) is 54.6 Å². The Balaban J connectivity index is 1.49. The fraction of sp³-hybridized carbons (Fsp3) is 0.381. The van der Waals surface area contributed by atoms with Crippen molar-refractivity contribution in [3.8, 4) is 5.75 Å². The molecule has 0 spiro atoms. The third-order valence-corrected chi connectivity index (χ3v) is 4.93. The maximum Gasteiger partial charge on any atom is 0.310 e. The second-order valence-electron chi connectivity index (χ2n) is 6.92. The second-order valence-corrected chi connectivity index (χ2v) is 6.92. The lowest BCUT2D eigenvalue weighted by molar-refractivity contribution is -0.385. The molecule has 7 nitrogen and oxygen atoms in total. The first kappa shape index (κ1) is 19.8. The van der Waals surface area contributed by atoms with E-state index in [2.05, 4.69) is 22.3 Å². The fourth-order valence-corrected chi connectivity index (χ4v) is 3.47. The molecule has 1 aliphatic rings. The van der Waals surface area contributed by atoms with Crippen LogP contribution in [-0.2, 0) is 11.3 Å². The molecule has 0 aliphatic carbocycles. The van der Waals surface area contributed by atoms with E-state index in [4.69, 9.17) is 4.74 Å². The molecule has 1 heterocycles. The molecule has 1 saturated heterocycles. The molecule has 1 N–H and O–H groups in total. The van der Waals surface area contributed by atoms with Gasteiger partial charge in [-0.25, -0.2) is 0 Å². The summed E-state index contributed by atoms with van der Waals surface area (Å²) in [5.41, 5.74) is 1.12. The van der Waals surface area contributed by atoms with E-state index in [0.717, 1.165) is 32.4 Å². The Morgan fingerprint density at radius 2 is 1.89 bits per heavy atom. The van der Waals surface area contributed by atoms with Crippen molar-refractivity contribution in [3.05, 3.63) is 70.3 Å². The van der Waals surface area contributed by atoms with Crippen molar-refractivity contribution in [2.75, 3.05) is 19.7 Å². The number of carbonyl (C=O) groups excluding carboxylic acids is 1. The highest BCUT2D eigenvalue weighted by atomic mass is 16.6. The number of rotatable bonds is 8. The van der Waals surface area contributed by atoms with Crippen LogP contribution in [-0.4, -0.2) is 41.5 Å². The van der Waals surface area contributed by atoms with Gasteiger partial charge in [0.05, 0.1) is 4.92 Å². The van der Waals surface area contributed by atoms with E-state index < -0.39 is 4.92 Å². The molecule has 7 heteroatoms. The van der Waals surface area contributed by atoms with Crippen molar-refractivity contribution in [3.63, 3.8) is 0 Å². The quantitative estimate of drug-likeness (QED) is 0.559. The first-order valence-corrected chi connectivity index (χ1v) is 9.54. The molecule has 2 aromatic rings. The van der Waals surface area contributed by atoms with Gasteiger partial charge in [0.25, 0.3) is 5.91 Å². The Hall–Kier alpha value is -2.93. The number of piperidine rings is 1. The molecule has 148 valence electrons. The SMILES string of the molecule is O=C(COc1ccccc1[N+](=O)[O-])NCC1CCCCN1Cc1ccccc1. The summed E-state index contributed by atoms with van der Waals surface area (Å²) in [6.07, 6.45) is 3.36. The van der Waals surface area contributed by atoms with E-state index in [1.54, 1.807) is 12.1 Å². The van der Waals surface area contributed by atoms with Crippen molar-refractivity contribution in [1.29, 1.82) is 0 Å². The highest BCUT2D eigenvalue weighted by Crippen LogP contribution is 2.25. The van der Waals surface area contributed by atoms with Crippen LogP contribution in [0, 0.1) is 10.1 Å². The van der Waals surface area contributed by atoms with Gasteiger partial charge in [-0.1, -0.05) is 48.9 Å². The van der Waals surface area contributed by atoms with Crippen LogP contribution in [0.4, 0.5) is 5.69 Å². The molecule has 1 aliphatic heterocycles. The lowest BCUT2D eigenvalue weighted by Crippen LogP contribution is -2.47. The van der Waals surface area contributed by atoms with Gasteiger partial charge in [0, 0.05) is 25.2 Å². The van der Waals surface area contributed by atoms with Gasteiger partial charge in [0.2, 0.25) is 0 Å². The lowest BCUT2D eigenvalue weighted by Gasteiger charge is -2.35. The number of likely N-dealkylation sites (tertiary alicyclic amines) is 1. The van der Waals surface area contributed by atoms with Gasteiger partial charge in [0.15, 0.2) is 12.4 Å². The maximum absolute atomic E-state index is 12.2. The van der Waals surface area contributed by atoms with Gasteiger partial charge < -0.3 is 10.1 Å². The van der Waals surface area contributed by atoms with Crippen LogP contribution in [0.2, 0.25) is 0 Å². The van der Waals surface area contributed by atoms with Crippen molar-refractivity contribution in [2.45, 2.75) is 31.8 Å². The Kier molecular flexibility index (Phi) is 6.97. The number of carbonyl (C=O) groups is 1. The number of nitrogens with one attached hydrogen (secondary N) is 1. The Morgan fingerprint density at radius 1 is 1.14 bits per heavy atom. The predicted molar refractivity (Wildman–Crippen MR) is 106 cm³/mol. The monoisotopic (exact) mass is 383 g/mol. The molecule has 0 bridgehead atoms. The minimum Gasteiger partial charge on any atom is -0.477 e. The van der Waals surface area contributed by atoms with Crippen LogP contribution in [0.1, 0.15) is 24.8 Å². The minimum atomic E-state index is -0.517. The zero-order chi connectivity index (χ0) is 19.8. The van der Waals surface area contributed by atoms with Gasteiger partial charge in [-0.2, -0.15) is 0 Å². The Bertz CT molecular complexity index is 797. The number of hydrogen-bond acceptors (Lipinski definition) is 5. The normalized spacial score (nSPS) is 17.1. The Morgan fingerprint density at radius 3 is 2.68 bits per heavy atom. The summed E-state index contributed by atoms with van der Waals surface area (Å²) >= 11 is 0. The topological polar surface area (TPSA) is 84.7 Å². The molecule has 28 heavy (non-hydrogen) atoms. The number of nitro benzene ring substituents is 1. The number of nitrogens with zero attached hydrogens (tertiary/aromatic N) is 2. The van der Waals surface area contributed by atoms with Crippen LogP contribution in [0.5, 0.6) is 5.75 Å². The van der Waals surface area contributed by atoms with E-state index in [0.29, 0.717) is 6.54 Å². The zero-order valence-corrected chi connectivity index (χ0v) is 15.8. The zero-order valence-electron chi connectivity index (χ0n) is 15.8. The predicted octanol–water partition coefficient (Wildman–Crippen LogP) is 3.14. The molecule has 0 radical (unpaired) electrons. The average molecular weight is 383 g/mol. The number of benzene rings is 2. The third kappa shape index (κ3) is 5.53. The Labute approximate surface area is 164 Å². The smallest absolute Gasteiger partial charge is 0.310 e. The molecule has 0 aromatic heterocycles. The number of para-hydroxylation sites is 2. The molecule has 1 amide bonds. The van der Waals surface area contributed by atoms with E-state index in [1.165, 1.54) is 17.7 Å². The van der Waals surface area contributed by atoms with Crippen LogP contribution < -0.4 is 10.1 Å². The van der Waals surface area contributed by atoms with Gasteiger partial charge in [-0.15, -0.1) is 0 Å². The van der Waals surface area contributed by atoms with Crippen molar-refractivity contribution >= 4 is 11.6 Å². The number of hydrogen-bond donors (Lipinski definition) is 1. The number of amides is 1. The van der Waals surface area contributed by atoms with Gasteiger partial charge >= 0.3 is 5.69 Å². The molecule has 0 saturated carbocycles. The van der Waals surface area contributed by atoms with E-state index in [-0.39, 0.29) is 30.0 Å². The third-order valence-electron chi connectivity index (χ3n) is 4.93. The molecular formula is C21H25N3O4. The number of ether oxygens (including phenoxy) is 1. The summed E-state index contributed by atoms with van der Waals surface area (Å²) in [5, 5.41) is 13.9. The highest BCUT2D eigenvalue weighted by molar-refractivity contribution is 5.77. The first-order valence-electron chi connectivity index (χ1n) is 9.54. The highest BCUT2D eigenvalue weighted by Gasteiger charge is 2.23. The molecule has 2 aromatic carbocycles. The standard InChI is InChI=1S/C21H25N3O4/c25-21(16-28-20-12-5-4-11-19(20)24(26)27)22-14-18-10-6-7-13-23(18)15-17-8-2-1-3-9-17/h1-5,8-9,11-12,18H,6-7,10,13-16H2,(H,22,25). The lowest BCUT2D eigenvalue weighted by atomic mass is 10.0. The van der Waals surface area contributed by atoms with Crippen molar-refractivity contribution in [2.24, 2.45) is 0 Å². The van der Waals surface area contributed by atoms with Gasteiger partial charge in [-0.05, 0) is 31.0 Å². The van der Waals surface area contributed by atoms with Gasteiger partial charge in [-0.3, -0.25) is 19.8 Å². The molecule has 1 atom stereocenters. The summed E-state index contributed by atoms with van der Waals surface area (Å²) in [7, 11) is 0. The molecule has 3 rings (SSSR count). The van der Waals surface area contributed by atoms with E-state index in [9.17, 15) is 14.9 Å². The largest absolute Gasteiger partial charge is 0.477 e. The average Bonchev–Trinajstić information content (AvgIpc) is 2.72. The summed E-state index contributed by atoms with van der Waals surface area (Å²) < 4.78 is 5.36. The van der Waals surface area contributed by atoms with Crippen LogP contribution in [0.25, 0.3) is 0 Å². The first-order chi connectivity index (χ1) is 13.6.